The standard InChI is InChI=1S/C18H18N2O3/c1-10-12(9-15(23-2)17(22)16(10)21)18-19-13-5-3-4-6-14(13)20(18)11-7-8-11/h3-6,9,11,21-22H,7-8H2,1-2H3. The molecular formula is C18H18N2O3. The lowest BCUT2D eigenvalue weighted by molar-refractivity contribution is 0.350. The lowest BCUT2D eigenvalue weighted by Crippen LogP contribution is -1.99. The zero-order valence-electron chi connectivity index (χ0n) is 13.1. The van der Waals surface area contributed by atoms with E-state index in [1.54, 1.807) is 13.0 Å². The molecule has 118 valence electrons. The molecule has 1 aromatic heterocycles. The second-order valence-corrected chi connectivity index (χ2v) is 5.97. The maximum absolute atomic E-state index is 10.2. The number of phenols is 2. The van der Waals surface area contributed by atoms with Gasteiger partial charge in [-0.1, -0.05) is 12.1 Å². The lowest BCUT2D eigenvalue weighted by atomic mass is 10.1. The highest BCUT2D eigenvalue weighted by Crippen LogP contribution is 2.46. The molecule has 0 aliphatic heterocycles. The number of hydrogen-bond donors (Lipinski definition) is 2. The van der Waals surface area contributed by atoms with Gasteiger partial charge in [0.25, 0.3) is 0 Å². The van der Waals surface area contributed by atoms with Crippen LogP contribution >= 0.6 is 0 Å². The number of aromatic hydroxyl groups is 2. The van der Waals surface area contributed by atoms with Gasteiger partial charge in [0.2, 0.25) is 5.75 Å². The summed E-state index contributed by atoms with van der Waals surface area (Å²) in [6.07, 6.45) is 2.27. The van der Waals surface area contributed by atoms with E-state index in [4.69, 9.17) is 9.72 Å². The molecule has 23 heavy (non-hydrogen) atoms. The van der Waals surface area contributed by atoms with Crippen LogP contribution in [0, 0.1) is 6.92 Å². The average molecular weight is 310 g/mol. The first-order valence-electron chi connectivity index (χ1n) is 7.68. The van der Waals surface area contributed by atoms with Crippen molar-refractivity contribution in [3.8, 4) is 28.6 Å². The summed E-state index contributed by atoms with van der Waals surface area (Å²) in [5, 5.41) is 20.2. The average Bonchev–Trinajstić information content (AvgIpc) is 3.33. The molecule has 0 unspecified atom stereocenters. The van der Waals surface area contributed by atoms with E-state index in [1.807, 2.05) is 18.2 Å². The van der Waals surface area contributed by atoms with E-state index in [0.717, 1.165) is 35.3 Å². The zero-order valence-corrected chi connectivity index (χ0v) is 13.1. The van der Waals surface area contributed by atoms with Crippen LogP contribution in [-0.2, 0) is 0 Å². The van der Waals surface area contributed by atoms with E-state index < -0.39 is 0 Å². The van der Waals surface area contributed by atoms with E-state index in [0.29, 0.717) is 11.6 Å². The van der Waals surface area contributed by atoms with Gasteiger partial charge in [-0.3, -0.25) is 0 Å². The molecule has 3 aromatic rings. The Morgan fingerprint density at radius 1 is 1.17 bits per heavy atom. The maximum Gasteiger partial charge on any atom is 0.200 e. The maximum atomic E-state index is 10.2. The summed E-state index contributed by atoms with van der Waals surface area (Å²) >= 11 is 0. The topological polar surface area (TPSA) is 67.5 Å². The molecular weight excluding hydrogens is 292 g/mol. The number of phenolic OH excluding ortho intramolecular Hbond substituents is 2. The number of nitrogens with zero attached hydrogens (tertiary/aromatic N) is 2. The number of aromatic nitrogens is 2. The third kappa shape index (κ3) is 2.04. The summed E-state index contributed by atoms with van der Waals surface area (Å²) in [5.74, 6) is 0.661. The van der Waals surface area contributed by atoms with Crippen LogP contribution in [-0.4, -0.2) is 26.9 Å². The smallest absolute Gasteiger partial charge is 0.200 e. The summed E-state index contributed by atoms with van der Waals surface area (Å²) in [7, 11) is 1.47. The summed E-state index contributed by atoms with van der Waals surface area (Å²) in [6, 6.07) is 10.2. The molecule has 0 radical (unpaired) electrons. The predicted octanol–water partition coefficient (Wildman–Crippen LogP) is 3.77. The number of ether oxygens (including phenoxy) is 1. The van der Waals surface area contributed by atoms with E-state index in [1.165, 1.54) is 7.11 Å². The third-order valence-electron chi connectivity index (χ3n) is 4.46. The fraction of sp³-hybridized carbons (Fsp3) is 0.278. The van der Waals surface area contributed by atoms with Crippen molar-refractivity contribution in [2.45, 2.75) is 25.8 Å². The molecule has 2 aromatic carbocycles. The Morgan fingerprint density at radius 2 is 1.91 bits per heavy atom. The highest BCUT2D eigenvalue weighted by atomic mass is 16.5. The molecule has 1 fully saturated rings. The first-order valence-corrected chi connectivity index (χ1v) is 7.68. The number of benzene rings is 2. The van der Waals surface area contributed by atoms with Crippen molar-refractivity contribution in [3.63, 3.8) is 0 Å². The monoisotopic (exact) mass is 310 g/mol. The number of para-hydroxylation sites is 2. The van der Waals surface area contributed by atoms with Crippen molar-refractivity contribution < 1.29 is 14.9 Å². The van der Waals surface area contributed by atoms with Gasteiger partial charge in [0.1, 0.15) is 5.82 Å². The highest BCUT2D eigenvalue weighted by Gasteiger charge is 2.30. The van der Waals surface area contributed by atoms with Gasteiger partial charge in [-0.05, 0) is 38.0 Å². The number of fused-ring (bicyclic) bond motifs is 1. The summed E-state index contributed by atoms with van der Waals surface area (Å²) in [4.78, 5) is 4.77. The highest BCUT2D eigenvalue weighted by molar-refractivity contribution is 5.83. The van der Waals surface area contributed by atoms with Crippen molar-refractivity contribution >= 4 is 11.0 Å². The molecule has 0 atom stereocenters. The van der Waals surface area contributed by atoms with Gasteiger partial charge in [-0.25, -0.2) is 4.98 Å². The number of hydrogen-bond acceptors (Lipinski definition) is 4. The second kappa shape index (κ2) is 4.91. The normalized spacial score (nSPS) is 14.3. The van der Waals surface area contributed by atoms with Crippen LogP contribution < -0.4 is 4.74 Å². The Bertz CT molecular complexity index is 910. The molecule has 0 saturated heterocycles. The summed E-state index contributed by atoms with van der Waals surface area (Å²) < 4.78 is 7.42. The Morgan fingerprint density at radius 3 is 2.61 bits per heavy atom. The van der Waals surface area contributed by atoms with Crippen LogP contribution in [0.5, 0.6) is 17.2 Å². The molecule has 1 saturated carbocycles. The molecule has 1 aliphatic carbocycles. The van der Waals surface area contributed by atoms with E-state index in [-0.39, 0.29) is 17.2 Å². The van der Waals surface area contributed by atoms with Crippen LogP contribution in [0.4, 0.5) is 0 Å². The van der Waals surface area contributed by atoms with Gasteiger partial charge in [-0.2, -0.15) is 0 Å². The fourth-order valence-electron chi connectivity index (χ4n) is 3.05. The predicted molar refractivity (Wildman–Crippen MR) is 88.1 cm³/mol. The van der Waals surface area contributed by atoms with Crippen LogP contribution in [0.2, 0.25) is 0 Å². The Balaban J connectivity index is 2.03. The molecule has 5 nitrogen and oxygen atoms in total. The first kappa shape index (κ1) is 13.9. The third-order valence-corrected chi connectivity index (χ3v) is 4.46. The number of imidazole rings is 1. The summed E-state index contributed by atoms with van der Waals surface area (Å²) in [6.45, 7) is 1.78. The van der Waals surface area contributed by atoms with Gasteiger partial charge in [-0.15, -0.1) is 0 Å². The Kier molecular flexibility index (Phi) is 2.98. The number of rotatable bonds is 3. The zero-order chi connectivity index (χ0) is 16.1. The van der Waals surface area contributed by atoms with Crippen molar-refractivity contribution in [1.29, 1.82) is 0 Å². The molecule has 0 amide bonds. The molecule has 1 heterocycles. The molecule has 0 spiro atoms. The van der Waals surface area contributed by atoms with Gasteiger partial charge >= 0.3 is 0 Å². The van der Waals surface area contributed by atoms with Crippen LogP contribution in [0.15, 0.2) is 30.3 Å². The summed E-state index contributed by atoms with van der Waals surface area (Å²) in [5.41, 5.74) is 3.40. The first-order chi connectivity index (χ1) is 11.1. The van der Waals surface area contributed by atoms with E-state index in [9.17, 15) is 10.2 Å². The second-order valence-electron chi connectivity index (χ2n) is 5.97. The van der Waals surface area contributed by atoms with Gasteiger partial charge in [0, 0.05) is 17.2 Å². The molecule has 0 bridgehead atoms. The SMILES string of the molecule is COc1cc(-c2nc3ccccc3n2C2CC2)c(C)c(O)c1O. The van der Waals surface area contributed by atoms with Crippen molar-refractivity contribution in [2.75, 3.05) is 7.11 Å². The van der Waals surface area contributed by atoms with E-state index in [2.05, 4.69) is 10.6 Å². The number of methoxy groups -OCH3 is 1. The Labute approximate surface area is 133 Å². The van der Waals surface area contributed by atoms with Crippen molar-refractivity contribution in [3.05, 3.63) is 35.9 Å². The van der Waals surface area contributed by atoms with Crippen LogP contribution in [0.1, 0.15) is 24.4 Å². The lowest BCUT2D eigenvalue weighted by Gasteiger charge is -2.14. The van der Waals surface area contributed by atoms with Gasteiger partial charge in [0.05, 0.1) is 18.1 Å². The minimum absolute atomic E-state index is 0.159. The van der Waals surface area contributed by atoms with E-state index >= 15 is 0 Å². The van der Waals surface area contributed by atoms with Crippen LogP contribution in [0.25, 0.3) is 22.4 Å². The quantitative estimate of drug-likeness (QED) is 0.723. The van der Waals surface area contributed by atoms with Crippen molar-refractivity contribution in [1.82, 2.24) is 9.55 Å². The van der Waals surface area contributed by atoms with Gasteiger partial charge in [0.15, 0.2) is 11.5 Å². The minimum Gasteiger partial charge on any atom is -0.504 e. The molecule has 1 aliphatic rings. The molecule has 2 N–H and O–H groups in total. The van der Waals surface area contributed by atoms with Crippen molar-refractivity contribution in [2.24, 2.45) is 0 Å². The molecule has 4 rings (SSSR count). The largest absolute Gasteiger partial charge is 0.504 e. The minimum atomic E-state index is -0.233. The van der Waals surface area contributed by atoms with Crippen LogP contribution in [0.3, 0.4) is 0 Å². The van der Waals surface area contributed by atoms with Gasteiger partial charge < -0.3 is 19.5 Å². The molecule has 5 heteroatoms. The Hall–Kier alpha value is -2.69. The fourth-order valence-corrected chi connectivity index (χ4v) is 3.05.